The summed E-state index contributed by atoms with van der Waals surface area (Å²) in [6.45, 7) is 0. The van der Waals surface area contributed by atoms with Crippen molar-refractivity contribution in [3.05, 3.63) is 55.4 Å². The largest absolute Gasteiger partial charge is 0.301 e. The van der Waals surface area contributed by atoms with E-state index in [0.717, 1.165) is 5.56 Å². The average Bonchev–Trinajstić information content (AvgIpc) is 3.35. The van der Waals surface area contributed by atoms with Crippen LogP contribution in [0.25, 0.3) is 21.5 Å². The highest BCUT2D eigenvalue weighted by Crippen LogP contribution is 2.30. The van der Waals surface area contributed by atoms with Crippen LogP contribution in [-0.4, -0.2) is 26.2 Å². The van der Waals surface area contributed by atoms with Gasteiger partial charge in [0.25, 0.3) is 5.56 Å². The van der Waals surface area contributed by atoms with E-state index in [2.05, 4.69) is 15.3 Å². The normalized spacial score (nSPS) is 11.1. The molecule has 0 fully saturated rings. The lowest BCUT2D eigenvalue weighted by atomic mass is 10.2. The molecule has 1 aromatic carbocycles. The second-order valence-corrected chi connectivity index (χ2v) is 9.43. The molecule has 1 N–H and O–H groups in total. The van der Waals surface area contributed by atoms with Gasteiger partial charge in [0.05, 0.1) is 27.0 Å². The number of aromatic nitrogens is 3. The standard InChI is InChI=1S/C18H12Cl2N4O2S3/c1-24-16(26)15-12(4-5-27-15)22-18(24)29-8-14(25)23-17-21-13(7-28-17)9-2-3-10(19)11(20)6-9/h2-7H,8H2,1H3,(H,21,23,25). The molecular weight excluding hydrogens is 471 g/mol. The quantitative estimate of drug-likeness (QED) is 0.314. The first-order chi connectivity index (χ1) is 13.9. The molecule has 0 aliphatic heterocycles. The van der Waals surface area contributed by atoms with Crippen molar-refractivity contribution in [3.8, 4) is 11.3 Å². The molecular formula is C18H12Cl2N4O2S3. The van der Waals surface area contributed by atoms with Gasteiger partial charge in [-0.1, -0.05) is 41.0 Å². The monoisotopic (exact) mass is 482 g/mol. The number of thiazole rings is 1. The van der Waals surface area contributed by atoms with E-state index in [1.807, 2.05) is 16.8 Å². The molecule has 0 spiro atoms. The zero-order valence-electron chi connectivity index (χ0n) is 14.8. The molecule has 0 aliphatic carbocycles. The number of halogens is 2. The summed E-state index contributed by atoms with van der Waals surface area (Å²) in [5.74, 6) is -0.123. The Bertz CT molecular complexity index is 1280. The molecule has 0 bridgehead atoms. The smallest absolute Gasteiger partial charge is 0.271 e. The Balaban J connectivity index is 1.43. The van der Waals surface area contributed by atoms with Crippen molar-refractivity contribution in [2.45, 2.75) is 5.16 Å². The van der Waals surface area contributed by atoms with E-state index in [1.54, 1.807) is 25.2 Å². The van der Waals surface area contributed by atoms with Gasteiger partial charge in [0.2, 0.25) is 5.91 Å². The van der Waals surface area contributed by atoms with Crippen LogP contribution in [-0.2, 0) is 11.8 Å². The SMILES string of the molecule is Cn1c(SCC(=O)Nc2nc(-c3ccc(Cl)c(Cl)c3)cs2)nc2ccsc2c1=O. The number of benzene rings is 1. The number of carbonyl (C=O) groups excluding carboxylic acids is 1. The highest BCUT2D eigenvalue weighted by Gasteiger charge is 2.13. The Morgan fingerprint density at radius 3 is 2.83 bits per heavy atom. The lowest BCUT2D eigenvalue weighted by Gasteiger charge is -2.06. The number of amides is 1. The molecule has 148 valence electrons. The van der Waals surface area contributed by atoms with Crippen molar-refractivity contribution in [1.82, 2.24) is 14.5 Å². The number of carbonyl (C=O) groups is 1. The molecule has 1 amide bonds. The van der Waals surface area contributed by atoms with Gasteiger partial charge in [-0.15, -0.1) is 22.7 Å². The number of nitrogens with zero attached hydrogens (tertiary/aromatic N) is 3. The molecule has 0 unspecified atom stereocenters. The second kappa shape index (κ2) is 8.45. The molecule has 4 aromatic rings. The summed E-state index contributed by atoms with van der Waals surface area (Å²) < 4.78 is 2.07. The van der Waals surface area contributed by atoms with E-state index in [9.17, 15) is 9.59 Å². The number of nitrogens with one attached hydrogen (secondary N) is 1. The molecule has 0 aliphatic rings. The van der Waals surface area contributed by atoms with Gasteiger partial charge in [0, 0.05) is 18.0 Å². The Morgan fingerprint density at radius 1 is 1.21 bits per heavy atom. The minimum atomic E-state index is -0.232. The number of fused-ring (bicyclic) bond motifs is 1. The van der Waals surface area contributed by atoms with E-state index in [1.165, 1.54) is 39.0 Å². The Labute approximate surface area is 187 Å². The number of hydrogen-bond donors (Lipinski definition) is 1. The van der Waals surface area contributed by atoms with Crippen LogP contribution >= 0.6 is 57.6 Å². The summed E-state index contributed by atoms with van der Waals surface area (Å²) >= 11 is 15.9. The molecule has 4 rings (SSSR count). The number of hydrogen-bond acceptors (Lipinski definition) is 7. The Morgan fingerprint density at radius 2 is 2.03 bits per heavy atom. The molecule has 3 heterocycles. The van der Waals surface area contributed by atoms with Crippen LogP contribution in [0, 0.1) is 0 Å². The number of thiophene rings is 1. The molecule has 6 nitrogen and oxygen atoms in total. The maximum Gasteiger partial charge on any atom is 0.271 e. The summed E-state index contributed by atoms with van der Waals surface area (Å²) in [6, 6.07) is 7.05. The van der Waals surface area contributed by atoms with Crippen LogP contribution in [0.4, 0.5) is 5.13 Å². The summed E-state index contributed by atoms with van der Waals surface area (Å²) in [6.07, 6.45) is 0. The molecule has 0 saturated heterocycles. The van der Waals surface area contributed by atoms with E-state index in [0.29, 0.717) is 36.2 Å². The van der Waals surface area contributed by atoms with Gasteiger partial charge in [-0.2, -0.15) is 0 Å². The van der Waals surface area contributed by atoms with Crippen molar-refractivity contribution in [3.63, 3.8) is 0 Å². The van der Waals surface area contributed by atoms with E-state index >= 15 is 0 Å². The van der Waals surface area contributed by atoms with Crippen LogP contribution in [0.5, 0.6) is 0 Å². The van der Waals surface area contributed by atoms with Crippen molar-refractivity contribution < 1.29 is 4.79 Å². The third-order valence-electron chi connectivity index (χ3n) is 3.94. The third-order valence-corrected chi connectivity index (χ3v) is 7.36. The average molecular weight is 483 g/mol. The van der Waals surface area contributed by atoms with Crippen LogP contribution in [0.15, 0.2) is 45.0 Å². The molecule has 11 heteroatoms. The predicted molar refractivity (Wildman–Crippen MR) is 122 cm³/mol. The van der Waals surface area contributed by atoms with Gasteiger partial charge in [0.15, 0.2) is 10.3 Å². The van der Waals surface area contributed by atoms with Crippen LogP contribution < -0.4 is 10.9 Å². The van der Waals surface area contributed by atoms with E-state index < -0.39 is 0 Å². The lowest BCUT2D eigenvalue weighted by molar-refractivity contribution is -0.113. The predicted octanol–water partition coefficient (Wildman–Crippen LogP) is 5.16. The highest BCUT2D eigenvalue weighted by atomic mass is 35.5. The fourth-order valence-electron chi connectivity index (χ4n) is 2.50. The first kappa shape index (κ1) is 20.4. The van der Waals surface area contributed by atoms with Gasteiger partial charge in [-0.3, -0.25) is 14.2 Å². The molecule has 0 saturated carbocycles. The summed E-state index contributed by atoms with van der Waals surface area (Å²) in [4.78, 5) is 33.5. The first-order valence-electron chi connectivity index (χ1n) is 8.20. The van der Waals surface area contributed by atoms with Crippen LogP contribution in [0.3, 0.4) is 0 Å². The van der Waals surface area contributed by atoms with Gasteiger partial charge < -0.3 is 5.32 Å². The minimum Gasteiger partial charge on any atom is -0.301 e. The van der Waals surface area contributed by atoms with Gasteiger partial charge in [0.1, 0.15) is 4.70 Å². The maximum absolute atomic E-state index is 12.3. The number of rotatable bonds is 5. The van der Waals surface area contributed by atoms with Crippen molar-refractivity contribution >= 4 is 78.9 Å². The fraction of sp³-hybridized carbons (Fsp3) is 0.111. The maximum atomic E-state index is 12.3. The van der Waals surface area contributed by atoms with Crippen LogP contribution in [0.1, 0.15) is 0 Å². The van der Waals surface area contributed by atoms with Gasteiger partial charge in [-0.05, 0) is 23.6 Å². The second-order valence-electron chi connectivity index (χ2n) is 5.90. The Kier molecular flexibility index (Phi) is 5.93. The van der Waals surface area contributed by atoms with Gasteiger partial charge >= 0.3 is 0 Å². The zero-order chi connectivity index (χ0) is 20.5. The van der Waals surface area contributed by atoms with Crippen LogP contribution in [0.2, 0.25) is 10.0 Å². The molecule has 3 aromatic heterocycles. The van der Waals surface area contributed by atoms with E-state index in [-0.39, 0.29) is 17.2 Å². The summed E-state index contributed by atoms with van der Waals surface area (Å²) in [5, 5.41) is 8.32. The summed E-state index contributed by atoms with van der Waals surface area (Å²) in [5.41, 5.74) is 2.04. The Hall–Kier alpha value is -1.91. The highest BCUT2D eigenvalue weighted by molar-refractivity contribution is 7.99. The number of thioether (sulfide) groups is 1. The van der Waals surface area contributed by atoms with Crippen molar-refractivity contribution in [2.75, 3.05) is 11.1 Å². The minimum absolute atomic E-state index is 0.109. The molecule has 0 radical (unpaired) electrons. The lowest BCUT2D eigenvalue weighted by Crippen LogP contribution is -2.20. The van der Waals surface area contributed by atoms with E-state index in [4.69, 9.17) is 23.2 Å². The topological polar surface area (TPSA) is 76.9 Å². The zero-order valence-corrected chi connectivity index (χ0v) is 18.8. The fourth-order valence-corrected chi connectivity index (χ4v) is 5.11. The first-order valence-corrected chi connectivity index (χ1v) is 11.7. The molecule has 0 atom stereocenters. The van der Waals surface area contributed by atoms with Crippen molar-refractivity contribution in [1.29, 1.82) is 0 Å². The number of anilines is 1. The third kappa shape index (κ3) is 4.34. The van der Waals surface area contributed by atoms with Crippen molar-refractivity contribution in [2.24, 2.45) is 7.05 Å². The summed E-state index contributed by atoms with van der Waals surface area (Å²) in [7, 11) is 1.65. The molecule has 29 heavy (non-hydrogen) atoms. The van der Waals surface area contributed by atoms with Gasteiger partial charge in [-0.25, -0.2) is 9.97 Å².